The standard InChI is InChI=1S/C17H18N2S/c1-11-10-15(13(3)20-11)12(2)19-17-8-4-7-16-14(17)6-5-9-18-16/h4-10,12,19H,1-3H3. The van der Waals surface area contributed by atoms with Crippen molar-refractivity contribution in [3.63, 3.8) is 0 Å². The van der Waals surface area contributed by atoms with Crippen LogP contribution in [-0.2, 0) is 0 Å². The Kier molecular flexibility index (Phi) is 3.45. The lowest BCUT2D eigenvalue weighted by molar-refractivity contribution is 0.883. The molecule has 102 valence electrons. The molecule has 0 saturated carbocycles. The van der Waals surface area contributed by atoms with Gasteiger partial charge in [0.1, 0.15) is 0 Å². The Morgan fingerprint density at radius 1 is 1.15 bits per heavy atom. The Morgan fingerprint density at radius 2 is 2.00 bits per heavy atom. The third-order valence-electron chi connectivity index (χ3n) is 3.56. The van der Waals surface area contributed by atoms with Crippen molar-refractivity contribution in [2.24, 2.45) is 0 Å². The number of pyridine rings is 1. The molecule has 2 heterocycles. The first-order valence-corrected chi connectivity index (χ1v) is 7.64. The average molecular weight is 282 g/mol. The van der Waals surface area contributed by atoms with E-state index in [1.165, 1.54) is 20.7 Å². The van der Waals surface area contributed by atoms with E-state index in [2.05, 4.69) is 55.3 Å². The molecule has 0 spiro atoms. The molecule has 2 nitrogen and oxygen atoms in total. The molecule has 1 aromatic carbocycles. The molecule has 0 saturated heterocycles. The van der Waals surface area contributed by atoms with E-state index < -0.39 is 0 Å². The van der Waals surface area contributed by atoms with E-state index in [0.29, 0.717) is 6.04 Å². The van der Waals surface area contributed by atoms with Crippen molar-refractivity contribution in [3.8, 4) is 0 Å². The van der Waals surface area contributed by atoms with E-state index in [1.807, 2.05) is 29.7 Å². The number of rotatable bonds is 3. The molecule has 3 rings (SSSR count). The van der Waals surface area contributed by atoms with E-state index in [0.717, 1.165) is 11.2 Å². The van der Waals surface area contributed by atoms with Gasteiger partial charge in [-0.2, -0.15) is 0 Å². The Labute approximate surface area is 123 Å². The molecule has 3 aromatic rings. The summed E-state index contributed by atoms with van der Waals surface area (Å²) in [5.41, 5.74) is 3.56. The summed E-state index contributed by atoms with van der Waals surface area (Å²) in [6.45, 7) is 6.56. The predicted octanol–water partition coefficient (Wildman–Crippen LogP) is 5.09. The fourth-order valence-electron chi connectivity index (χ4n) is 2.62. The predicted molar refractivity (Wildman–Crippen MR) is 87.6 cm³/mol. The number of thiophene rings is 1. The van der Waals surface area contributed by atoms with Gasteiger partial charge >= 0.3 is 0 Å². The maximum absolute atomic E-state index is 4.41. The van der Waals surface area contributed by atoms with Crippen LogP contribution in [0.1, 0.15) is 28.3 Å². The minimum Gasteiger partial charge on any atom is -0.378 e. The second kappa shape index (κ2) is 5.25. The van der Waals surface area contributed by atoms with Crippen LogP contribution in [0, 0.1) is 13.8 Å². The van der Waals surface area contributed by atoms with Crippen LogP contribution in [0.5, 0.6) is 0 Å². The number of nitrogens with zero attached hydrogens (tertiary/aromatic N) is 1. The molecule has 0 bridgehead atoms. The summed E-state index contributed by atoms with van der Waals surface area (Å²) in [6.07, 6.45) is 1.84. The molecule has 0 radical (unpaired) electrons. The van der Waals surface area contributed by atoms with E-state index in [1.54, 1.807) is 0 Å². The average Bonchev–Trinajstić information content (AvgIpc) is 2.78. The number of nitrogens with one attached hydrogen (secondary N) is 1. The summed E-state index contributed by atoms with van der Waals surface area (Å²) in [5, 5.41) is 4.79. The maximum Gasteiger partial charge on any atom is 0.0722 e. The lowest BCUT2D eigenvalue weighted by atomic mass is 10.1. The van der Waals surface area contributed by atoms with Gasteiger partial charge in [-0.1, -0.05) is 6.07 Å². The van der Waals surface area contributed by atoms with Gasteiger partial charge in [0.2, 0.25) is 0 Å². The molecule has 1 N–H and O–H groups in total. The Balaban J connectivity index is 1.95. The van der Waals surface area contributed by atoms with Gasteiger partial charge in [-0.3, -0.25) is 4.98 Å². The van der Waals surface area contributed by atoms with E-state index in [-0.39, 0.29) is 0 Å². The first kappa shape index (κ1) is 13.1. The van der Waals surface area contributed by atoms with Gasteiger partial charge in [-0.05, 0) is 56.7 Å². The van der Waals surface area contributed by atoms with Crippen molar-refractivity contribution in [1.29, 1.82) is 0 Å². The van der Waals surface area contributed by atoms with Gasteiger partial charge in [0.05, 0.1) is 5.52 Å². The smallest absolute Gasteiger partial charge is 0.0722 e. The minimum absolute atomic E-state index is 0.297. The molecule has 2 aromatic heterocycles. The zero-order valence-corrected chi connectivity index (χ0v) is 12.8. The second-order valence-electron chi connectivity index (χ2n) is 5.11. The number of benzene rings is 1. The molecule has 20 heavy (non-hydrogen) atoms. The Bertz CT molecular complexity index is 740. The highest BCUT2D eigenvalue weighted by Gasteiger charge is 2.12. The van der Waals surface area contributed by atoms with Crippen molar-refractivity contribution >= 4 is 27.9 Å². The zero-order chi connectivity index (χ0) is 14.1. The van der Waals surface area contributed by atoms with Gasteiger partial charge in [-0.25, -0.2) is 0 Å². The lowest BCUT2D eigenvalue weighted by Crippen LogP contribution is -2.07. The van der Waals surface area contributed by atoms with Crippen LogP contribution in [-0.4, -0.2) is 4.98 Å². The summed E-state index contributed by atoms with van der Waals surface area (Å²) < 4.78 is 0. The fourth-order valence-corrected chi connectivity index (χ4v) is 3.64. The van der Waals surface area contributed by atoms with Crippen LogP contribution < -0.4 is 5.32 Å². The molecular formula is C17H18N2S. The van der Waals surface area contributed by atoms with Crippen LogP contribution >= 0.6 is 11.3 Å². The van der Waals surface area contributed by atoms with Gasteiger partial charge < -0.3 is 5.32 Å². The highest BCUT2D eigenvalue weighted by molar-refractivity contribution is 7.12. The molecule has 3 heteroatoms. The number of fused-ring (bicyclic) bond motifs is 1. The van der Waals surface area contributed by atoms with Crippen molar-refractivity contribution in [3.05, 3.63) is 57.9 Å². The molecule has 1 unspecified atom stereocenters. The van der Waals surface area contributed by atoms with Crippen molar-refractivity contribution in [2.45, 2.75) is 26.8 Å². The van der Waals surface area contributed by atoms with Gasteiger partial charge in [-0.15, -0.1) is 11.3 Å². The SMILES string of the molecule is Cc1cc(C(C)Nc2cccc3ncccc23)c(C)s1. The third-order valence-corrected chi connectivity index (χ3v) is 4.55. The normalized spacial score (nSPS) is 12.6. The summed E-state index contributed by atoms with van der Waals surface area (Å²) in [5.74, 6) is 0. The highest BCUT2D eigenvalue weighted by atomic mass is 32.1. The number of aromatic nitrogens is 1. The summed E-state index contributed by atoms with van der Waals surface area (Å²) in [7, 11) is 0. The molecule has 0 aliphatic rings. The summed E-state index contributed by atoms with van der Waals surface area (Å²) in [6, 6.07) is 12.9. The molecular weight excluding hydrogens is 264 g/mol. The number of aryl methyl sites for hydroxylation is 2. The first-order valence-electron chi connectivity index (χ1n) is 6.82. The Morgan fingerprint density at radius 3 is 2.75 bits per heavy atom. The van der Waals surface area contributed by atoms with Gasteiger partial charge in [0, 0.05) is 33.1 Å². The third kappa shape index (κ3) is 2.41. The molecule has 0 aliphatic heterocycles. The van der Waals surface area contributed by atoms with E-state index >= 15 is 0 Å². The van der Waals surface area contributed by atoms with Gasteiger partial charge in [0.15, 0.2) is 0 Å². The van der Waals surface area contributed by atoms with Crippen LogP contribution in [0.3, 0.4) is 0 Å². The number of hydrogen-bond donors (Lipinski definition) is 1. The second-order valence-corrected chi connectivity index (χ2v) is 6.57. The van der Waals surface area contributed by atoms with Crippen LogP contribution in [0.2, 0.25) is 0 Å². The summed E-state index contributed by atoms with van der Waals surface area (Å²) >= 11 is 1.86. The summed E-state index contributed by atoms with van der Waals surface area (Å²) in [4.78, 5) is 7.16. The van der Waals surface area contributed by atoms with Gasteiger partial charge in [0.25, 0.3) is 0 Å². The van der Waals surface area contributed by atoms with Crippen LogP contribution in [0.15, 0.2) is 42.6 Å². The quantitative estimate of drug-likeness (QED) is 0.724. The van der Waals surface area contributed by atoms with E-state index in [4.69, 9.17) is 0 Å². The van der Waals surface area contributed by atoms with Crippen molar-refractivity contribution < 1.29 is 0 Å². The van der Waals surface area contributed by atoms with Crippen molar-refractivity contribution in [2.75, 3.05) is 5.32 Å². The molecule has 1 atom stereocenters. The topological polar surface area (TPSA) is 24.9 Å². The minimum atomic E-state index is 0.297. The van der Waals surface area contributed by atoms with Crippen LogP contribution in [0.25, 0.3) is 10.9 Å². The molecule has 0 fully saturated rings. The highest BCUT2D eigenvalue weighted by Crippen LogP contribution is 2.30. The number of anilines is 1. The van der Waals surface area contributed by atoms with Crippen molar-refractivity contribution in [1.82, 2.24) is 4.98 Å². The largest absolute Gasteiger partial charge is 0.378 e. The zero-order valence-electron chi connectivity index (χ0n) is 12.0. The lowest BCUT2D eigenvalue weighted by Gasteiger charge is -2.17. The number of hydrogen-bond acceptors (Lipinski definition) is 3. The monoisotopic (exact) mass is 282 g/mol. The van der Waals surface area contributed by atoms with Crippen LogP contribution in [0.4, 0.5) is 5.69 Å². The molecule has 0 aliphatic carbocycles. The first-order chi connectivity index (χ1) is 9.65. The fraction of sp³-hybridized carbons (Fsp3) is 0.235. The Hall–Kier alpha value is -1.87. The van der Waals surface area contributed by atoms with E-state index in [9.17, 15) is 0 Å². The maximum atomic E-state index is 4.41. The molecule has 0 amide bonds.